The minimum atomic E-state index is -0.388. The van der Waals surface area contributed by atoms with Crippen molar-refractivity contribution in [3.63, 3.8) is 0 Å². The van der Waals surface area contributed by atoms with Gasteiger partial charge in [0.25, 0.3) is 11.8 Å². The van der Waals surface area contributed by atoms with Gasteiger partial charge in [0, 0.05) is 23.6 Å². The van der Waals surface area contributed by atoms with Crippen LogP contribution >= 0.6 is 0 Å². The summed E-state index contributed by atoms with van der Waals surface area (Å²) in [7, 11) is 0. The molecule has 3 rings (SSSR count). The normalized spacial score (nSPS) is 15.8. The maximum absolute atomic E-state index is 12.3. The molecule has 1 saturated carbocycles. The molecule has 6 nitrogen and oxygen atoms in total. The molecular weight excluding hydrogens is 318 g/mol. The molecular formula is C19H25N3O3. The van der Waals surface area contributed by atoms with Crippen LogP contribution < -0.4 is 5.32 Å². The molecule has 1 aliphatic carbocycles. The third-order valence-electron chi connectivity index (χ3n) is 4.35. The predicted molar refractivity (Wildman–Crippen MR) is 94.1 cm³/mol. The molecule has 1 atom stereocenters. The van der Waals surface area contributed by atoms with Crippen LogP contribution in [-0.4, -0.2) is 33.8 Å². The van der Waals surface area contributed by atoms with Gasteiger partial charge in [-0.25, -0.2) is 0 Å². The molecule has 1 fully saturated rings. The Kier molecular flexibility index (Phi) is 4.90. The van der Waals surface area contributed by atoms with Gasteiger partial charge < -0.3 is 14.9 Å². The number of carbonyl (C=O) groups excluding carboxylic acids is 1. The van der Waals surface area contributed by atoms with Crippen molar-refractivity contribution in [2.24, 2.45) is 5.41 Å². The molecule has 1 aromatic heterocycles. The standard InChI is InChI=1S/C19H25N3O3/c1-12(23)10-19(2,3)11-20-17(24)14-6-8-15(9-7-14)18-21-16(22-25-18)13-4-5-13/h6-9,12-13,23H,4-5,10-11H2,1-3H3,(H,20,24). The Bertz CT molecular complexity index is 731. The van der Waals surface area contributed by atoms with Crippen LogP contribution in [0.15, 0.2) is 28.8 Å². The highest BCUT2D eigenvalue weighted by Gasteiger charge is 2.29. The summed E-state index contributed by atoms with van der Waals surface area (Å²) in [5, 5.41) is 16.5. The van der Waals surface area contributed by atoms with E-state index in [-0.39, 0.29) is 17.4 Å². The van der Waals surface area contributed by atoms with E-state index in [1.165, 1.54) is 0 Å². The van der Waals surface area contributed by atoms with E-state index in [0.717, 1.165) is 24.2 Å². The highest BCUT2D eigenvalue weighted by Crippen LogP contribution is 2.38. The van der Waals surface area contributed by atoms with Gasteiger partial charge in [-0.05, 0) is 55.9 Å². The zero-order valence-corrected chi connectivity index (χ0v) is 15.0. The Hall–Kier alpha value is -2.21. The Morgan fingerprint density at radius 2 is 2.04 bits per heavy atom. The summed E-state index contributed by atoms with van der Waals surface area (Å²) in [5.41, 5.74) is 1.23. The highest BCUT2D eigenvalue weighted by atomic mass is 16.5. The van der Waals surface area contributed by atoms with E-state index in [0.29, 0.717) is 30.3 Å². The van der Waals surface area contributed by atoms with E-state index in [2.05, 4.69) is 15.5 Å². The van der Waals surface area contributed by atoms with Crippen molar-refractivity contribution >= 4 is 5.91 Å². The van der Waals surface area contributed by atoms with E-state index >= 15 is 0 Å². The van der Waals surface area contributed by atoms with Gasteiger partial charge in [0.2, 0.25) is 0 Å². The van der Waals surface area contributed by atoms with Crippen LogP contribution in [-0.2, 0) is 0 Å². The van der Waals surface area contributed by atoms with Crippen LogP contribution in [0.3, 0.4) is 0 Å². The number of aliphatic hydroxyl groups is 1. The van der Waals surface area contributed by atoms with E-state index in [9.17, 15) is 9.90 Å². The molecule has 0 bridgehead atoms. The Balaban J connectivity index is 1.60. The summed E-state index contributed by atoms with van der Waals surface area (Å²) < 4.78 is 5.30. The molecule has 25 heavy (non-hydrogen) atoms. The topological polar surface area (TPSA) is 88.2 Å². The number of nitrogens with zero attached hydrogens (tertiary/aromatic N) is 2. The third kappa shape index (κ3) is 4.66. The Labute approximate surface area is 147 Å². The number of aliphatic hydroxyl groups excluding tert-OH is 1. The summed E-state index contributed by atoms with van der Waals surface area (Å²) in [6.45, 7) is 6.31. The van der Waals surface area contributed by atoms with Gasteiger partial charge in [-0.2, -0.15) is 4.98 Å². The van der Waals surface area contributed by atoms with Crippen LogP contribution in [0, 0.1) is 5.41 Å². The molecule has 1 aliphatic rings. The first kappa shape index (κ1) is 17.6. The van der Waals surface area contributed by atoms with Crippen molar-refractivity contribution in [2.45, 2.75) is 52.1 Å². The number of hydrogen-bond acceptors (Lipinski definition) is 5. The number of carbonyl (C=O) groups is 1. The fourth-order valence-electron chi connectivity index (χ4n) is 2.92. The van der Waals surface area contributed by atoms with Crippen molar-refractivity contribution in [1.29, 1.82) is 0 Å². The molecule has 0 radical (unpaired) electrons. The number of hydrogen-bond donors (Lipinski definition) is 2. The van der Waals surface area contributed by atoms with Gasteiger partial charge in [0.05, 0.1) is 6.10 Å². The van der Waals surface area contributed by atoms with Crippen LogP contribution in [0.5, 0.6) is 0 Å². The first-order valence-corrected chi connectivity index (χ1v) is 8.74. The zero-order valence-electron chi connectivity index (χ0n) is 15.0. The first-order chi connectivity index (χ1) is 11.8. The van der Waals surface area contributed by atoms with Gasteiger partial charge in [-0.15, -0.1) is 0 Å². The molecule has 0 aliphatic heterocycles. The van der Waals surface area contributed by atoms with Gasteiger partial charge >= 0.3 is 0 Å². The number of aromatic nitrogens is 2. The molecule has 1 unspecified atom stereocenters. The minimum Gasteiger partial charge on any atom is -0.393 e. The Morgan fingerprint density at radius 1 is 1.36 bits per heavy atom. The van der Waals surface area contributed by atoms with E-state index in [1.54, 1.807) is 19.1 Å². The summed E-state index contributed by atoms with van der Waals surface area (Å²) >= 11 is 0. The summed E-state index contributed by atoms with van der Waals surface area (Å²) in [4.78, 5) is 16.7. The highest BCUT2D eigenvalue weighted by molar-refractivity contribution is 5.94. The maximum atomic E-state index is 12.3. The van der Waals surface area contributed by atoms with E-state index in [4.69, 9.17) is 4.52 Å². The van der Waals surface area contributed by atoms with Gasteiger partial charge in [0.15, 0.2) is 5.82 Å². The lowest BCUT2D eigenvalue weighted by Gasteiger charge is -2.26. The van der Waals surface area contributed by atoms with Gasteiger partial charge in [-0.3, -0.25) is 4.79 Å². The SMILES string of the molecule is CC(O)CC(C)(C)CNC(=O)c1ccc(-c2nc(C3CC3)no2)cc1. The number of benzene rings is 1. The minimum absolute atomic E-state index is 0.130. The maximum Gasteiger partial charge on any atom is 0.257 e. The monoisotopic (exact) mass is 343 g/mol. The zero-order chi connectivity index (χ0) is 18.0. The smallest absolute Gasteiger partial charge is 0.257 e. The van der Waals surface area contributed by atoms with Crippen molar-refractivity contribution in [1.82, 2.24) is 15.5 Å². The third-order valence-corrected chi connectivity index (χ3v) is 4.35. The van der Waals surface area contributed by atoms with Crippen LogP contribution in [0.4, 0.5) is 0 Å². The lowest BCUT2D eigenvalue weighted by Crippen LogP contribution is -2.35. The van der Waals surface area contributed by atoms with Crippen molar-refractivity contribution in [3.8, 4) is 11.5 Å². The first-order valence-electron chi connectivity index (χ1n) is 8.74. The quantitative estimate of drug-likeness (QED) is 0.806. The van der Waals surface area contributed by atoms with Crippen LogP contribution in [0.1, 0.15) is 62.1 Å². The number of amides is 1. The van der Waals surface area contributed by atoms with Gasteiger partial charge in [-0.1, -0.05) is 19.0 Å². The molecule has 1 amide bonds. The fraction of sp³-hybridized carbons (Fsp3) is 0.526. The molecule has 6 heteroatoms. The van der Waals surface area contributed by atoms with Crippen molar-refractivity contribution in [2.75, 3.05) is 6.54 Å². The molecule has 2 aromatic rings. The molecule has 1 aromatic carbocycles. The van der Waals surface area contributed by atoms with E-state index in [1.807, 2.05) is 26.0 Å². The predicted octanol–water partition coefficient (Wildman–Crippen LogP) is 3.14. The second-order valence-corrected chi connectivity index (χ2v) is 7.71. The molecule has 0 saturated heterocycles. The summed E-state index contributed by atoms with van der Waals surface area (Å²) in [6, 6.07) is 7.15. The fourth-order valence-corrected chi connectivity index (χ4v) is 2.92. The summed E-state index contributed by atoms with van der Waals surface area (Å²) in [6.07, 6.45) is 2.50. The van der Waals surface area contributed by atoms with Crippen molar-refractivity contribution in [3.05, 3.63) is 35.7 Å². The largest absolute Gasteiger partial charge is 0.393 e. The molecule has 134 valence electrons. The molecule has 0 spiro atoms. The number of rotatable bonds is 7. The second-order valence-electron chi connectivity index (χ2n) is 7.71. The Morgan fingerprint density at radius 3 is 2.64 bits per heavy atom. The van der Waals surface area contributed by atoms with E-state index < -0.39 is 0 Å². The summed E-state index contributed by atoms with van der Waals surface area (Å²) in [5.74, 6) is 1.59. The number of nitrogens with one attached hydrogen (secondary N) is 1. The molecule has 2 N–H and O–H groups in total. The van der Waals surface area contributed by atoms with Gasteiger partial charge in [0.1, 0.15) is 0 Å². The van der Waals surface area contributed by atoms with Crippen molar-refractivity contribution < 1.29 is 14.4 Å². The second kappa shape index (κ2) is 6.96. The molecule has 1 heterocycles. The lowest BCUT2D eigenvalue weighted by molar-refractivity contribution is 0.0902. The average molecular weight is 343 g/mol. The average Bonchev–Trinajstić information content (AvgIpc) is 3.29. The lowest BCUT2D eigenvalue weighted by atomic mass is 9.87. The van der Waals surface area contributed by atoms with Crippen LogP contribution in [0.2, 0.25) is 0 Å². The van der Waals surface area contributed by atoms with Crippen LogP contribution in [0.25, 0.3) is 11.5 Å².